The summed E-state index contributed by atoms with van der Waals surface area (Å²) in [6, 6.07) is 4.54. The molecule has 2 rings (SSSR count). The van der Waals surface area contributed by atoms with Crippen molar-refractivity contribution in [2.24, 2.45) is 0 Å². The number of carboxylic acid groups (broad SMARTS) is 1. The van der Waals surface area contributed by atoms with Crippen LogP contribution in [0.15, 0.2) is 22.7 Å². The van der Waals surface area contributed by atoms with Crippen LogP contribution in [0.3, 0.4) is 0 Å². The molecule has 1 aromatic carbocycles. The summed E-state index contributed by atoms with van der Waals surface area (Å²) >= 11 is 3.26. The lowest BCUT2D eigenvalue weighted by atomic mass is 10.2. The quantitative estimate of drug-likeness (QED) is 0.882. The Hall–Kier alpha value is -1.56. The fraction of sp³-hybridized carbons (Fsp3) is 0.333. The number of nitrogens with zero attached hydrogens (tertiary/aromatic N) is 1. The van der Waals surface area contributed by atoms with Gasteiger partial charge in [-0.3, -0.25) is 0 Å². The largest absolute Gasteiger partial charge is 0.478 e. The van der Waals surface area contributed by atoms with Crippen molar-refractivity contribution < 1.29 is 14.7 Å². The third kappa shape index (κ3) is 2.64. The first-order valence-electron chi connectivity index (χ1n) is 5.67. The number of carbonyl (C=O) groups excluding carboxylic acids is 1. The van der Waals surface area contributed by atoms with Gasteiger partial charge >= 0.3 is 12.0 Å². The predicted molar refractivity (Wildman–Crippen MR) is 70.9 cm³/mol. The van der Waals surface area contributed by atoms with Crippen LogP contribution in [0.1, 0.15) is 23.2 Å². The predicted octanol–water partition coefficient (Wildman–Crippen LogP) is 2.78. The molecule has 0 bridgehead atoms. The Balaban J connectivity index is 2.22. The maximum atomic E-state index is 11.9. The first-order valence-corrected chi connectivity index (χ1v) is 6.46. The first-order chi connectivity index (χ1) is 8.59. The molecule has 18 heavy (non-hydrogen) atoms. The van der Waals surface area contributed by atoms with E-state index in [0.29, 0.717) is 10.2 Å². The zero-order valence-electron chi connectivity index (χ0n) is 9.65. The third-order valence-electron chi connectivity index (χ3n) is 2.87. The summed E-state index contributed by atoms with van der Waals surface area (Å²) in [6.45, 7) is 1.44. The van der Waals surface area contributed by atoms with E-state index in [2.05, 4.69) is 21.2 Å². The normalized spacial score (nSPS) is 14.6. The van der Waals surface area contributed by atoms with Gasteiger partial charge in [0.25, 0.3) is 0 Å². The molecule has 1 aromatic rings. The number of para-hydroxylation sites is 1. The van der Waals surface area contributed by atoms with Crippen LogP contribution in [-0.4, -0.2) is 35.1 Å². The number of rotatable bonds is 2. The Bertz CT molecular complexity index is 484. The molecule has 0 aromatic heterocycles. The summed E-state index contributed by atoms with van der Waals surface area (Å²) in [5.41, 5.74) is 0.388. The van der Waals surface area contributed by atoms with Gasteiger partial charge in [0, 0.05) is 17.6 Å². The number of urea groups is 1. The van der Waals surface area contributed by atoms with Crippen LogP contribution in [0.2, 0.25) is 0 Å². The Labute approximate surface area is 113 Å². The highest BCUT2D eigenvalue weighted by Gasteiger charge is 2.21. The number of likely N-dealkylation sites (tertiary alicyclic amines) is 1. The minimum atomic E-state index is -1.06. The maximum Gasteiger partial charge on any atom is 0.337 e. The zero-order chi connectivity index (χ0) is 13.1. The summed E-state index contributed by atoms with van der Waals surface area (Å²) in [7, 11) is 0. The van der Waals surface area contributed by atoms with Crippen LogP contribution < -0.4 is 5.32 Å². The molecule has 96 valence electrons. The second kappa shape index (κ2) is 5.39. The van der Waals surface area contributed by atoms with Crippen molar-refractivity contribution >= 4 is 33.6 Å². The summed E-state index contributed by atoms with van der Waals surface area (Å²) in [5.74, 6) is -1.06. The van der Waals surface area contributed by atoms with Gasteiger partial charge in [-0.15, -0.1) is 0 Å². The molecule has 0 aliphatic carbocycles. The number of amides is 2. The van der Waals surface area contributed by atoms with E-state index < -0.39 is 5.97 Å². The van der Waals surface area contributed by atoms with Crippen molar-refractivity contribution in [3.8, 4) is 0 Å². The standard InChI is InChI=1S/C12H13BrN2O3/c13-9-5-3-4-8(11(16)17)10(9)14-12(18)15-6-1-2-7-15/h3-5H,1-2,6-7H2,(H,14,18)(H,16,17). The summed E-state index contributed by atoms with van der Waals surface area (Å²) in [5, 5.41) is 11.7. The maximum absolute atomic E-state index is 11.9. The minimum Gasteiger partial charge on any atom is -0.478 e. The Morgan fingerprint density at radius 2 is 1.94 bits per heavy atom. The molecule has 1 aliphatic heterocycles. The molecular formula is C12H13BrN2O3. The highest BCUT2D eigenvalue weighted by molar-refractivity contribution is 9.10. The van der Waals surface area contributed by atoms with Crippen LogP contribution in [0, 0.1) is 0 Å². The van der Waals surface area contributed by atoms with E-state index in [-0.39, 0.29) is 11.6 Å². The van der Waals surface area contributed by atoms with E-state index in [1.54, 1.807) is 17.0 Å². The third-order valence-corrected chi connectivity index (χ3v) is 3.53. The molecule has 0 radical (unpaired) electrons. The van der Waals surface area contributed by atoms with Gasteiger partial charge in [-0.25, -0.2) is 9.59 Å². The SMILES string of the molecule is O=C(O)c1cccc(Br)c1NC(=O)N1CCCC1. The summed E-state index contributed by atoms with van der Waals surface area (Å²) < 4.78 is 0.565. The number of halogens is 1. The highest BCUT2D eigenvalue weighted by atomic mass is 79.9. The van der Waals surface area contributed by atoms with E-state index in [0.717, 1.165) is 25.9 Å². The molecule has 6 heteroatoms. The van der Waals surface area contributed by atoms with E-state index >= 15 is 0 Å². The van der Waals surface area contributed by atoms with Crippen LogP contribution in [-0.2, 0) is 0 Å². The molecule has 2 amide bonds. The number of hydrogen-bond acceptors (Lipinski definition) is 2. The number of hydrogen-bond donors (Lipinski definition) is 2. The Kier molecular flexibility index (Phi) is 3.86. The van der Waals surface area contributed by atoms with Crippen LogP contribution in [0.5, 0.6) is 0 Å². The number of nitrogens with one attached hydrogen (secondary N) is 1. The molecular weight excluding hydrogens is 300 g/mol. The lowest BCUT2D eigenvalue weighted by molar-refractivity contribution is 0.0698. The summed E-state index contributed by atoms with van der Waals surface area (Å²) in [4.78, 5) is 24.7. The van der Waals surface area contributed by atoms with Crippen LogP contribution >= 0.6 is 15.9 Å². The summed E-state index contributed by atoms with van der Waals surface area (Å²) in [6.07, 6.45) is 1.99. The molecule has 2 N–H and O–H groups in total. The molecule has 0 atom stereocenters. The van der Waals surface area contributed by atoms with Gasteiger partial charge in [-0.05, 0) is 40.9 Å². The van der Waals surface area contributed by atoms with E-state index in [1.165, 1.54) is 6.07 Å². The van der Waals surface area contributed by atoms with Gasteiger partial charge in [-0.2, -0.15) is 0 Å². The lowest BCUT2D eigenvalue weighted by Gasteiger charge is -2.18. The van der Waals surface area contributed by atoms with Crippen molar-refractivity contribution in [2.45, 2.75) is 12.8 Å². The highest BCUT2D eigenvalue weighted by Crippen LogP contribution is 2.27. The number of carbonyl (C=O) groups is 2. The van der Waals surface area contributed by atoms with E-state index in [9.17, 15) is 9.59 Å². The van der Waals surface area contributed by atoms with E-state index in [1.807, 2.05) is 0 Å². The number of benzene rings is 1. The van der Waals surface area contributed by atoms with Gasteiger partial charge in [-0.1, -0.05) is 6.07 Å². The van der Waals surface area contributed by atoms with Crippen molar-refractivity contribution in [1.82, 2.24) is 4.90 Å². The van der Waals surface area contributed by atoms with Crippen molar-refractivity contribution in [2.75, 3.05) is 18.4 Å². The molecule has 1 saturated heterocycles. The number of aromatic carboxylic acids is 1. The molecule has 0 unspecified atom stereocenters. The molecule has 5 nitrogen and oxygen atoms in total. The fourth-order valence-electron chi connectivity index (χ4n) is 1.94. The van der Waals surface area contributed by atoms with Crippen LogP contribution in [0.4, 0.5) is 10.5 Å². The van der Waals surface area contributed by atoms with Gasteiger partial charge in [0.2, 0.25) is 0 Å². The Morgan fingerprint density at radius 1 is 1.28 bits per heavy atom. The van der Waals surface area contributed by atoms with Crippen molar-refractivity contribution in [1.29, 1.82) is 0 Å². The van der Waals surface area contributed by atoms with E-state index in [4.69, 9.17) is 5.11 Å². The second-order valence-electron chi connectivity index (χ2n) is 4.09. The number of anilines is 1. The molecule has 1 heterocycles. The molecule has 0 saturated carbocycles. The monoisotopic (exact) mass is 312 g/mol. The van der Waals surface area contributed by atoms with Gasteiger partial charge in [0.05, 0.1) is 11.3 Å². The lowest BCUT2D eigenvalue weighted by Crippen LogP contribution is -2.32. The zero-order valence-corrected chi connectivity index (χ0v) is 11.2. The van der Waals surface area contributed by atoms with Gasteiger partial charge < -0.3 is 15.3 Å². The van der Waals surface area contributed by atoms with Crippen LogP contribution in [0.25, 0.3) is 0 Å². The topological polar surface area (TPSA) is 69.6 Å². The fourth-order valence-corrected chi connectivity index (χ4v) is 2.40. The first kappa shape index (κ1) is 12.9. The second-order valence-corrected chi connectivity index (χ2v) is 4.95. The van der Waals surface area contributed by atoms with Crippen molar-refractivity contribution in [3.63, 3.8) is 0 Å². The minimum absolute atomic E-state index is 0.0805. The average Bonchev–Trinajstić information content (AvgIpc) is 2.85. The van der Waals surface area contributed by atoms with Gasteiger partial charge in [0.1, 0.15) is 0 Å². The van der Waals surface area contributed by atoms with Crippen molar-refractivity contribution in [3.05, 3.63) is 28.2 Å². The molecule has 1 aliphatic rings. The smallest absolute Gasteiger partial charge is 0.337 e. The van der Waals surface area contributed by atoms with Gasteiger partial charge in [0.15, 0.2) is 0 Å². The average molecular weight is 313 g/mol. The molecule has 0 spiro atoms. The molecule has 1 fully saturated rings. The number of carboxylic acids is 1. The Morgan fingerprint density at radius 3 is 2.56 bits per heavy atom.